The Balaban J connectivity index is 3.46. The number of hydrazine groups is 1. The van der Waals surface area contributed by atoms with Gasteiger partial charge in [-0.15, -0.1) is 0 Å². The average molecular weight is 163 g/mol. The molecule has 0 aromatic carbocycles. The van der Waals surface area contributed by atoms with E-state index < -0.39 is 12.5 Å². The highest BCUT2D eigenvalue weighted by atomic mass is 16.7. The summed E-state index contributed by atoms with van der Waals surface area (Å²) in [5, 5.41) is 8.11. The Labute approximate surface area is 63.6 Å². The number of nitroso groups, excluding NO2 is 1. The van der Waals surface area contributed by atoms with Crippen molar-refractivity contribution in [3.8, 4) is 0 Å². The molecule has 0 aliphatic heterocycles. The Bertz CT molecular complexity index is 157. The second kappa shape index (κ2) is 4.62. The van der Waals surface area contributed by atoms with Crippen LogP contribution < -0.4 is 5.59 Å². The first-order valence-electron chi connectivity index (χ1n) is 3.10. The molecule has 0 unspecified atom stereocenters. The van der Waals surface area contributed by atoms with E-state index in [-0.39, 0.29) is 11.0 Å². The van der Waals surface area contributed by atoms with Crippen LogP contribution in [0.4, 0.5) is 0 Å². The van der Waals surface area contributed by atoms with E-state index in [0.717, 1.165) is 0 Å². The first kappa shape index (κ1) is 9.83. The summed E-state index contributed by atoms with van der Waals surface area (Å²) in [4.78, 5) is 25.1. The van der Waals surface area contributed by atoms with Crippen LogP contribution in [0.25, 0.3) is 0 Å². The summed E-state index contributed by atoms with van der Waals surface area (Å²) in [5.74, 6) is -1.21. The van der Waals surface area contributed by atoms with Crippen molar-refractivity contribution < 1.29 is 19.6 Å². The van der Waals surface area contributed by atoms with Crippen LogP contribution in [0.1, 0.15) is 13.8 Å². The number of nitrogens with zero attached hydrogens (tertiary/aromatic N) is 1. The fourth-order valence-corrected chi connectivity index (χ4v) is 0.319. The molecule has 0 aromatic rings. The van der Waals surface area contributed by atoms with Crippen molar-refractivity contribution >= 4 is 5.97 Å². The zero-order chi connectivity index (χ0) is 8.85. The molecule has 0 radical (unpaired) electrons. The molecule has 0 amide bonds. The molecule has 0 heterocycles. The summed E-state index contributed by atoms with van der Waals surface area (Å²) < 4.78 is 0. The van der Waals surface area contributed by atoms with Crippen LogP contribution in [-0.4, -0.2) is 28.6 Å². The number of carbonyl (C=O) groups is 1. The van der Waals surface area contributed by atoms with Crippen molar-refractivity contribution in [2.24, 2.45) is 0 Å². The molecule has 0 aromatic heterocycles. The van der Waals surface area contributed by atoms with Gasteiger partial charge >= 0.3 is 12.5 Å². The molecule has 0 aliphatic carbocycles. The van der Waals surface area contributed by atoms with Gasteiger partial charge in [0.15, 0.2) is 4.87 Å². The van der Waals surface area contributed by atoms with E-state index in [2.05, 4.69) is 4.84 Å². The Morgan fingerprint density at radius 1 is 1.73 bits per heavy atom. The lowest BCUT2D eigenvalue weighted by molar-refractivity contribution is -0.654. The van der Waals surface area contributed by atoms with Gasteiger partial charge in [-0.3, -0.25) is 0 Å². The standard InChI is InChI=1S/C5H10N2O4/c1-4(2)11-6-7(10)3-5(8)9/h4H,3H2,1-2H3,(H-,6,8,9,10)/p+1. The quantitative estimate of drug-likeness (QED) is 0.429. The molecule has 2 N–H and O–H groups in total. The molecule has 0 saturated carbocycles. The Morgan fingerprint density at radius 3 is 2.64 bits per heavy atom. The van der Waals surface area contributed by atoms with E-state index in [1.165, 1.54) is 0 Å². The Morgan fingerprint density at radius 2 is 2.27 bits per heavy atom. The molecular formula is C5H11N2O4+. The van der Waals surface area contributed by atoms with Crippen LogP contribution in [0.3, 0.4) is 0 Å². The molecule has 0 bridgehead atoms. The van der Waals surface area contributed by atoms with Crippen LogP contribution >= 0.6 is 0 Å². The third-order valence-electron chi connectivity index (χ3n) is 0.669. The smallest absolute Gasteiger partial charge is 0.378 e. The molecule has 0 spiro atoms. The lowest BCUT2D eigenvalue weighted by Gasteiger charge is -2.00. The third kappa shape index (κ3) is 6.72. The van der Waals surface area contributed by atoms with Gasteiger partial charge in [0.05, 0.1) is 11.0 Å². The van der Waals surface area contributed by atoms with Gasteiger partial charge in [0, 0.05) is 0 Å². The molecule has 11 heavy (non-hydrogen) atoms. The maximum absolute atomic E-state index is 10.5. The van der Waals surface area contributed by atoms with E-state index in [1.54, 1.807) is 13.8 Å². The van der Waals surface area contributed by atoms with Crippen LogP contribution in [0.2, 0.25) is 0 Å². The van der Waals surface area contributed by atoms with E-state index in [0.29, 0.717) is 0 Å². The Hall–Kier alpha value is -1.17. The predicted molar refractivity (Wildman–Crippen MR) is 35.5 cm³/mol. The number of carboxylic acid groups (broad SMARTS) is 1. The highest BCUT2D eigenvalue weighted by Gasteiger charge is 2.14. The van der Waals surface area contributed by atoms with Gasteiger partial charge in [-0.05, 0) is 19.4 Å². The second-order valence-electron chi connectivity index (χ2n) is 2.19. The van der Waals surface area contributed by atoms with E-state index >= 15 is 0 Å². The number of rotatable bonds is 5. The van der Waals surface area contributed by atoms with Gasteiger partial charge < -0.3 is 5.11 Å². The largest absolute Gasteiger partial charge is 0.476 e. The summed E-state index contributed by atoms with van der Waals surface area (Å²) >= 11 is 0. The number of nitrogens with one attached hydrogen (secondary N) is 1. The molecule has 0 atom stereocenters. The number of carboxylic acids is 1. The summed E-state index contributed by atoms with van der Waals surface area (Å²) in [5.41, 5.74) is 1.91. The van der Waals surface area contributed by atoms with Crippen molar-refractivity contribution in [2.75, 3.05) is 6.54 Å². The first-order chi connectivity index (χ1) is 5.02. The minimum absolute atomic E-state index is 0.0995. The van der Waals surface area contributed by atoms with Crippen LogP contribution in [0.5, 0.6) is 0 Å². The van der Waals surface area contributed by atoms with Gasteiger partial charge in [-0.2, -0.15) is 0 Å². The minimum atomic E-state index is -1.21. The number of aliphatic carboxylic acids is 1. The van der Waals surface area contributed by atoms with Gasteiger partial charge in [0.1, 0.15) is 0 Å². The van der Waals surface area contributed by atoms with Gasteiger partial charge in [-0.25, -0.2) is 9.63 Å². The maximum Gasteiger partial charge on any atom is 0.378 e. The number of hydrogen-bond donors (Lipinski definition) is 2. The first-order valence-corrected chi connectivity index (χ1v) is 3.10. The fourth-order valence-electron chi connectivity index (χ4n) is 0.319. The minimum Gasteiger partial charge on any atom is -0.476 e. The van der Waals surface area contributed by atoms with Crippen LogP contribution in [-0.2, 0) is 9.63 Å². The summed E-state index contributed by atoms with van der Waals surface area (Å²) in [6.07, 6.45) is -0.166. The van der Waals surface area contributed by atoms with Gasteiger partial charge in [0.2, 0.25) is 0 Å². The zero-order valence-electron chi connectivity index (χ0n) is 6.40. The predicted octanol–water partition coefficient (Wildman–Crippen LogP) is -0.306. The van der Waals surface area contributed by atoms with Crippen molar-refractivity contribution in [3.05, 3.63) is 4.91 Å². The maximum atomic E-state index is 10.5. The van der Waals surface area contributed by atoms with Gasteiger partial charge in [-0.1, -0.05) is 0 Å². The molecule has 0 aliphatic rings. The molecule has 0 fully saturated rings. The van der Waals surface area contributed by atoms with Crippen molar-refractivity contribution in [3.63, 3.8) is 0 Å². The molecule has 6 heteroatoms. The van der Waals surface area contributed by atoms with Crippen molar-refractivity contribution in [1.29, 1.82) is 0 Å². The topological polar surface area (TPSA) is 78.6 Å². The SMILES string of the molecule is CC(C)ON[N+](=O)CC(=O)O. The Kier molecular flexibility index (Phi) is 4.12. The fraction of sp³-hybridized carbons (Fsp3) is 0.800. The summed E-state index contributed by atoms with van der Waals surface area (Å²) in [7, 11) is 0. The van der Waals surface area contributed by atoms with Crippen LogP contribution in [0.15, 0.2) is 0 Å². The molecule has 64 valence electrons. The van der Waals surface area contributed by atoms with E-state index in [9.17, 15) is 9.70 Å². The second-order valence-corrected chi connectivity index (χ2v) is 2.19. The zero-order valence-corrected chi connectivity index (χ0v) is 6.40. The van der Waals surface area contributed by atoms with Crippen molar-refractivity contribution in [1.82, 2.24) is 5.59 Å². The summed E-state index contributed by atoms with van der Waals surface area (Å²) in [6, 6.07) is 0. The van der Waals surface area contributed by atoms with Crippen molar-refractivity contribution in [2.45, 2.75) is 20.0 Å². The molecular weight excluding hydrogens is 152 g/mol. The average Bonchev–Trinajstić information content (AvgIpc) is 1.82. The third-order valence-corrected chi connectivity index (χ3v) is 0.669. The van der Waals surface area contributed by atoms with Crippen LogP contribution in [0, 0.1) is 4.91 Å². The monoisotopic (exact) mass is 163 g/mol. The normalized spacial score (nSPS) is 9.73. The highest BCUT2D eigenvalue weighted by molar-refractivity contribution is 5.67. The lowest BCUT2D eigenvalue weighted by atomic mass is 10.5. The summed E-state index contributed by atoms with van der Waals surface area (Å²) in [6.45, 7) is 2.77. The molecule has 6 nitrogen and oxygen atoms in total. The number of hydrogen-bond acceptors (Lipinski definition) is 3. The van der Waals surface area contributed by atoms with Gasteiger partial charge in [0.25, 0.3) is 0 Å². The molecule has 0 rings (SSSR count). The molecule has 0 saturated heterocycles. The lowest BCUT2D eigenvalue weighted by Crippen LogP contribution is -2.33. The van der Waals surface area contributed by atoms with E-state index in [4.69, 9.17) is 5.11 Å². The highest BCUT2D eigenvalue weighted by Crippen LogP contribution is 1.81. The van der Waals surface area contributed by atoms with E-state index in [1.807, 2.05) is 5.59 Å².